The van der Waals surface area contributed by atoms with Crippen LogP contribution in [0.1, 0.15) is 133 Å². The van der Waals surface area contributed by atoms with Gasteiger partial charge in [-0.1, -0.05) is 33.6 Å². The van der Waals surface area contributed by atoms with Crippen LogP contribution in [0, 0.1) is 39.9 Å². The first-order valence-electron chi connectivity index (χ1n) is 15.7. The van der Waals surface area contributed by atoms with E-state index in [4.69, 9.17) is 18.9 Å². The molecule has 1 aromatic heterocycles. The Morgan fingerprint density at radius 2 is 1.67 bits per heavy atom. The van der Waals surface area contributed by atoms with Crippen LogP contribution in [0.3, 0.4) is 0 Å². The Hall–Kier alpha value is -2.12. The number of methoxy groups -OCH3 is 1. The number of rotatable bonds is 14. The summed E-state index contributed by atoms with van der Waals surface area (Å²) >= 11 is 0. The maximum atomic E-state index is 9.70. The number of aromatic nitrogens is 1. The lowest BCUT2D eigenvalue weighted by molar-refractivity contribution is -0.124. The van der Waals surface area contributed by atoms with Gasteiger partial charge in [-0.15, -0.1) is 0 Å². The number of pyridine rings is 1. The minimum absolute atomic E-state index is 0.0619. The molecule has 0 aromatic carbocycles. The predicted molar refractivity (Wildman–Crippen MR) is 170 cm³/mol. The van der Waals surface area contributed by atoms with E-state index in [1.54, 1.807) is 19.4 Å². The first kappa shape index (κ1) is 36.1. The van der Waals surface area contributed by atoms with Crippen molar-refractivity contribution in [1.29, 1.82) is 5.26 Å². The average Bonchev–Trinajstić information content (AvgIpc) is 2.85. The van der Waals surface area contributed by atoms with Crippen LogP contribution < -0.4 is 4.74 Å². The van der Waals surface area contributed by atoms with E-state index in [0.29, 0.717) is 29.5 Å². The highest BCUT2D eigenvalue weighted by Crippen LogP contribution is 2.40. The molecule has 2 unspecified atom stereocenters. The fourth-order valence-electron chi connectivity index (χ4n) is 5.32. The fourth-order valence-corrected chi connectivity index (χ4v) is 5.32. The highest BCUT2D eigenvalue weighted by molar-refractivity contribution is 5.46. The maximum Gasteiger partial charge on any atom is 0.155 e. The van der Waals surface area contributed by atoms with Gasteiger partial charge < -0.3 is 18.9 Å². The van der Waals surface area contributed by atoms with Crippen LogP contribution in [0.15, 0.2) is 12.3 Å². The fraction of sp³-hybridized carbons (Fsp3) is 0.778. The van der Waals surface area contributed by atoms with Crippen molar-refractivity contribution in [2.45, 2.75) is 151 Å². The molecule has 0 N–H and O–H groups in total. The Morgan fingerprint density at radius 1 is 1.02 bits per heavy atom. The van der Waals surface area contributed by atoms with Crippen molar-refractivity contribution in [1.82, 2.24) is 4.98 Å². The molecule has 2 atom stereocenters. The SMILES string of the molecule is CCC(C)(CCC(C)CC(C)(C)OC(C)(C)C)OCC(C)(C)C(C)(C)C#Cc1cc(C#N)c(OC2CC(OC)C2)cn1. The quantitative estimate of drug-likeness (QED) is 0.205. The summed E-state index contributed by atoms with van der Waals surface area (Å²) in [5, 5.41) is 9.70. The highest BCUT2D eigenvalue weighted by Gasteiger charge is 2.38. The van der Waals surface area contributed by atoms with Crippen LogP contribution >= 0.6 is 0 Å². The molecule has 236 valence electrons. The van der Waals surface area contributed by atoms with Crippen molar-refractivity contribution in [2.75, 3.05) is 13.7 Å². The summed E-state index contributed by atoms with van der Waals surface area (Å²) in [5.74, 6) is 7.70. The maximum absolute atomic E-state index is 9.70. The second-order valence-corrected chi connectivity index (χ2v) is 15.4. The van der Waals surface area contributed by atoms with Gasteiger partial charge in [-0.05, 0) is 99.0 Å². The minimum atomic E-state index is -0.353. The molecule has 1 heterocycles. The number of nitriles is 1. The Balaban J connectivity index is 2.01. The molecule has 6 nitrogen and oxygen atoms in total. The summed E-state index contributed by atoms with van der Waals surface area (Å²) in [7, 11) is 1.71. The number of ether oxygens (including phenoxy) is 4. The van der Waals surface area contributed by atoms with Crippen molar-refractivity contribution in [3.8, 4) is 23.7 Å². The molecular weight excluding hydrogens is 524 g/mol. The molecule has 0 amide bonds. The Bertz CT molecular complexity index is 1130. The lowest BCUT2D eigenvalue weighted by Gasteiger charge is -2.41. The molecule has 42 heavy (non-hydrogen) atoms. The Morgan fingerprint density at radius 3 is 2.21 bits per heavy atom. The zero-order valence-electron chi connectivity index (χ0n) is 28.9. The van der Waals surface area contributed by atoms with E-state index in [2.05, 4.69) is 106 Å². The average molecular weight is 583 g/mol. The topological polar surface area (TPSA) is 73.6 Å². The van der Waals surface area contributed by atoms with E-state index >= 15 is 0 Å². The van der Waals surface area contributed by atoms with Gasteiger partial charge in [0.1, 0.15) is 17.9 Å². The summed E-state index contributed by atoms with van der Waals surface area (Å²) in [6, 6.07) is 3.96. The monoisotopic (exact) mass is 582 g/mol. The molecule has 0 radical (unpaired) electrons. The molecule has 2 rings (SSSR count). The van der Waals surface area contributed by atoms with E-state index in [1.165, 1.54) is 0 Å². The number of nitrogens with zero attached hydrogens (tertiary/aromatic N) is 2. The molecular formula is C36H58N2O4. The van der Waals surface area contributed by atoms with Gasteiger partial charge in [0.2, 0.25) is 0 Å². The third-order valence-electron chi connectivity index (χ3n) is 8.98. The van der Waals surface area contributed by atoms with Gasteiger partial charge >= 0.3 is 0 Å². The van der Waals surface area contributed by atoms with Crippen LogP contribution in [-0.2, 0) is 14.2 Å². The largest absolute Gasteiger partial charge is 0.487 e. The summed E-state index contributed by atoms with van der Waals surface area (Å²) in [4.78, 5) is 4.49. The second-order valence-electron chi connectivity index (χ2n) is 15.4. The van der Waals surface area contributed by atoms with Crippen LogP contribution in [0.5, 0.6) is 5.75 Å². The zero-order valence-corrected chi connectivity index (χ0v) is 28.9. The number of hydrogen-bond acceptors (Lipinski definition) is 6. The van der Waals surface area contributed by atoms with Gasteiger partial charge in [-0.3, -0.25) is 0 Å². The Kier molecular flexibility index (Phi) is 12.1. The van der Waals surface area contributed by atoms with E-state index < -0.39 is 0 Å². The predicted octanol–water partition coefficient (Wildman–Crippen LogP) is 8.50. The summed E-state index contributed by atoms with van der Waals surface area (Å²) < 4.78 is 24.3. The highest BCUT2D eigenvalue weighted by atomic mass is 16.5. The molecule has 1 aliphatic rings. The van der Waals surface area contributed by atoms with Gasteiger partial charge in [0.25, 0.3) is 0 Å². The molecule has 1 saturated carbocycles. The smallest absolute Gasteiger partial charge is 0.155 e. The van der Waals surface area contributed by atoms with Crippen LogP contribution in [0.2, 0.25) is 0 Å². The number of hydrogen-bond donors (Lipinski definition) is 0. The van der Waals surface area contributed by atoms with Crippen molar-refractivity contribution in [3.63, 3.8) is 0 Å². The van der Waals surface area contributed by atoms with Gasteiger partial charge in [-0.25, -0.2) is 4.98 Å². The van der Waals surface area contributed by atoms with Crippen LogP contribution in [-0.4, -0.2) is 47.7 Å². The molecule has 0 spiro atoms. The zero-order chi connectivity index (χ0) is 32.0. The van der Waals surface area contributed by atoms with E-state index in [1.807, 2.05) is 0 Å². The summed E-state index contributed by atoms with van der Waals surface area (Å²) in [6.07, 6.45) is 7.63. The first-order valence-corrected chi connectivity index (χ1v) is 15.7. The molecule has 1 fully saturated rings. The molecule has 6 heteroatoms. The Labute approximate surface area is 257 Å². The van der Waals surface area contributed by atoms with Crippen molar-refractivity contribution >= 4 is 0 Å². The van der Waals surface area contributed by atoms with Crippen LogP contribution in [0.25, 0.3) is 0 Å². The normalized spacial score (nSPS) is 20.0. The standard InChI is InChI=1S/C36H58N2O4/c1-14-36(12,18-15-26(2)22-35(10,11)42-32(3,4)5)40-25-34(8,9)33(6,7)17-16-28-19-27(23-37)31(24-38-28)41-30-20-29(21-30)39-13/h19,24,26,29-30H,14-15,18,20-22,25H2,1-13H3. The molecule has 1 aromatic rings. The lowest BCUT2D eigenvalue weighted by atomic mass is 9.68. The first-order chi connectivity index (χ1) is 19.2. The second kappa shape index (κ2) is 14.1. The summed E-state index contributed by atoms with van der Waals surface area (Å²) in [5.41, 5.74) is -0.0577. The van der Waals surface area contributed by atoms with Crippen molar-refractivity contribution in [3.05, 3.63) is 23.5 Å². The molecule has 1 aliphatic carbocycles. The summed E-state index contributed by atoms with van der Waals surface area (Å²) in [6.45, 7) is 26.8. The van der Waals surface area contributed by atoms with E-state index in [9.17, 15) is 5.26 Å². The molecule has 0 bridgehead atoms. The molecule has 0 aliphatic heterocycles. The van der Waals surface area contributed by atoms with Gasteiger partial charge in [0.15, 0.2) is 5.75 Å². The van der Waals surface area contributed by atoms with E-state index in [-0.39, 0.29) is 39.8 Å². The van der Waals surface area contributed by atoms with Gasteiger partial charge in [0, 0.05) is 30.8 Å². The van der Waals surface area contributed by atoms with Crippen molar-refractivity contribution in [2.24, 2.45) is 16.7 Å². The van der Waals surface area contributed by atoms with E-state index in [0.717, 1.165) is 38.5 Å². The van der Waals surface area contributed by atoms with Crippen LogP contribution in [0.4, 0.5) is 0 Å². The third kappa shape index (κ3) is 10.9. The van der Waals surface area contributed by atoms with Gasteiger partial charge in [-0.2, -0.15) is 5.26 Å². The lowest BCUT2D eigenvalue weighted by Crippen LogP contribution is -2.40. The third-order valence-corrected chi connectivity index (χ3v) is 8.98. The minimum Gasteiger partial charge on any atom is -0.487 e. The van der Waals surface area contributed by atoms with Gasteiger partial charge in [0.05, 0.1) is 41.3 Å². The molecule has 0 saturated heterocycles. The van der Waals surface area contributed by atoms with Crippen molar-refractivity contribution < 1.29 is 18.9 Å².